The van der Waals surface area contributed by atoms with E-state index in [-0.39, 0.29) is 11.5 Å². The summed E-state index contributed by atoms with van der Waals surface area (Å²) in [6.45, 7) is 0. The van der Waals surface area contributed by atoms with Gasteiger partial charge < -0.3 is 9.52 Å². The molecule has 0 bridgehead atoms. The van der Waals surface area contributed by atoms with Crippen LogP contribution in [0.5, 0.6) is 0 Å². The zero-order valence-electron chi connectivity index (χ0n) is 10.2. The molecule has 0 atom stereocenters. The van der Waals surface area contributed by atoms with E-state index in [9.17, 15) is 4.79 Å². The summed E-state index contributed by atoms with van der Waals surface area (Å²) < 4.78 is 5.51. The van der Waals surface area contributed by atoms with Gasteiger partial charge in [0.15, 0.2) is 0 Å². The maximum Gasteiger partial charge on any atom is 0.335 e. The minimum Gasteiger partial charge on any atom is -0.478 e. The molecule has 0 fully saturated rings. The molecule has 3 rings (SSSR count). The van der Waals surface area contributed by atoms with E-state index in [4.69, 9.17) is 9.52 Å². The van der Waals surface area contributed by atoms with Crippen molar-refractivity contribution in [2.24, 2.45) is 0 Å². The Hall–Kier alpha value is -3.02. The van der Waals surface area contributed by atoms with E-state index in [0.717, 1.165) is 0 Å². The van der Waals surface area contributed by atoms with Gasteiger partial charge in [0, 0.05) is 11.8 Å². The Kier molecular flexibility index (Phi) is 2.96. The molecule has 2 heterocycles. The third-order valence-electron chi connectivity index (χ3n) is 2.67. The van der Waals surface area contributed by atoms with Gasteiger partial charge >= 0.3 is 5.97 Å². The summed E-state index contributed by atoms with van der Waals surface area (Å²) in [5.74, 6) is -0.452. The van der Waals surface area contributed by atoms with E-state index >= 15 is 0 Å². The molecule has 1 N–H and O–H groups in total. The fourth-order valence-electron chi connectivity index (χ4n) is 1.72. The minimum atomic E-state index is -1.00. The Bertz CT molecular complexity index is 753. The van der Waals surface area contributed by atoms with E-state index in [1.807, 2.05) is 6.07 Å². The van der Waals surface area contributed by atoms with Crippen molar-refractivity contribution in [2.75, 3.05) is 0 Å². The second-order valence-electron chi connectivity index (χ2n) is 4.01. The average Bonchev–Trinajstić information content (AvgIpc) is 2.98. The molecule has 98 valence electrons. The lowest BCUT2D eigenvalue weighted by atomic mass is 10.1. The SMILES string of the molecule is O=C(O)c1cccc(-c2nnc(-c3ccccn3)o2)c1. The van der Waals surface area contributed by atoms with Crippen LogP contribution in [0.25, 0.3) is 23.0 Å². The molecule has 6 heteroatoms. The fourth-order valence-corrected chi connectivity index (χ4v) is 1.72. The molecule has 0 aliphatic heterocycles. The molecule has 0 amide bonds. The number of aromatic nitrogens is 3. The highest BCUT2D eigenvalue weighted by atomic mass is 16.4. The van der Waals surface area contributed by atoms with Gasteiger partial charge in [-0.2, -0.15) is 0 Å². The van der Waals surface area contributed by atoms with Crippen molar-refractivity contribution in [3.05, 3.63) is 54.2 Å². The van der Waals surface area contributed by atoms with Gasteiger partial charge in [-0.25, -0.2) is 4.79 Å². The highest BCUT2D eigenvalue weighted by Crippen LogP contribution is 2.23. The third-order valence-corrected chi connectivity index (χ3v) is 2.67. The number of carboxylic acid groups (broad SMARTS) is 1. The zero-order valence-corrected chi connectivity index (χ0v) is 10.2. The number of carboxylic acids is 1. The molecule has 20 heavy (non-hydrogen) atoms. The standard InChI is InChI=1S/C14H9N3O3/c18-14(19)10-5-3-4-9(8-10)12-16-17-13(20-12)11-6-1-2-7-15-11/h1-8H,(H,18,19). The molecule has 0 aliphatic carbocycles. The minimum absolute atomic E-state index is 0.167. The lowest BCUT2D eigenvalue weighted by Crippen LogP contribution is -1.95. The molecule has 0 radical (unpaired) electrons. The predicted molar refractivity (Wildman–Crippen MR) is 69.9 cm³/mol. The van der Waals surface area contributed by atoms with Gasteiger partial charge in [0.2, 0.25) is 5.89 Å². The first-order chi connectivity index (χ1) is 9.74. The number of nitrogens with zero attached hydrogens (tertiary/aromatic N) is 3. The van der Waals surface area contributed by atoms with Crippen LogP contribution in [-0.4, -0.2) is 26.3 Å². The summed E-state index contributed by atoms with van der Waals surface area (Å²) in [5, 5.41) is 16.8. The Labute approximate surface area is 113 Å². The summed E-state index contributed by atoms with van der Waals surface area (Å²) in [6.07, 6.45) is 1.63. The summed E-state index contributed by atoms with van der Waals surface area (Å²) in [6, 6.07) is 11.7. The molecule has 3 aromatic rings. The van der Waals surface area contributed by atoms with E-state index < -0.39 is 5.97 Å². The Morgan fingerprint density at radius 2 is 1.90 bits per heavy atom. The van der Waals surface area contributed by atoms with Gasteiger partial charge in [-0.3, -0.25) is 4.98 Å². The molecule has 1 aromatic carbocycles. The van der Waals surface area contributed by atoms with Crippen LogP contribution < -0.4 is 0 Å². The number of pyridine rings is 1. The van der Waals surface area contributed by atoms with Crippen molar-refractivity contribution in [3.8, 4) is 23.0 Å². The molecular weight excluding hydrogens is 258 g/mol. The molecular formula is C14H9N3O3. The normalized spacial score (nSPS) is 10.4. The van der Waals surface area contributed by atoms with Gasteiger partial charge in [0.1, 0.15) is 5.69 Å². The van der Waals surface area contributed by atoms with E-state index in [1.54, 1.807) is 30.5 Å². The molecule has 2 aromatic heterocycles. The van der Waals surface area contributed by atoms with Crippen LogP contribution in [0.2, 0.25) is 0 Å². The highest BCUT2D eigenvalue weighted by Gasteiger charge is 2.12. The van der Waals surface area contributed by atoms with Gasteiger partial charge in [-0.15, -0.1) is 10.2 Å². The van der Waals surface area contributed by atoms with Gasteiger partial charge in [-0.1, -0.05) is 12.1 Å². The van der Waals surface area contributed by atoms with Gasteiger partial charge in [0.25, 0.3) is 5.89 Å². The van der Waals surface area contributed by atoms with Crippen molar-refractivity contribution < 1.29 is 14.3 Å². The monoisotopic (exact) mass is 267 g/mol. The van der Waals surface area contributed by atoms with Crippen molar-refractivity contribution in [3.63, 3.8) is 0 Å². The third kappa shape index (κ3) is 2.26. The fraction of sp³-hybridized carbons (Fsp3) is 0. The van der Waals surface area contributed by atoms with Crippen molar-refractivity contribution >= 4 is 5.97 Å². The maximum atomic E-state index is 10.9. The predicted octanol–water partition coefficient (Wildman–Crippen LogP) is 2.50. The Balaban J connectivity index is 1.98. The maximum absolute atomic E-state index is 10.9. The van der Waals surface area contributed by atoms with Crippen LogP contribution in [0.4, 0.5) is 0 Å². The Morgan fingerprint density at radius 1 is 1.05 bits per heavy atom. The van der Waals surface area contributed by atoms with Crippen LogP contribution in [0.15, 0.2) is 53.1 Å². The van der Waals surface area contributed by atoms with Crippen molar-refractivity contribution in [1.29, 1.82) is 0 Å². The Morgan fingerprint density at radius 3 is 2.65 bits per heavy atom. The first-order valence-corrected chi connectivity index (χ1v) is 5.83. The van der Waals surface area contributed by atoms with Crippen LogP contribution in [-0.2, 0) is 0 Å². The molecule has 0 spiro atoms. The molecule has 0 unspecified atom stereocenters. The second-order valence-corrected chi connectivity index (χ2v) is 4.01. The van der Waals surface area contributed by atoms with E-state index in [1.165, 1.54) is 12.1 Å². The number of hydrogen-bond acceptors (Lipinski definition) is 5. The van der Waals surface area contributed by atoms with Crippen LogP contribution in [0, 0.1) is 0 Å². The highest BCUT2D eigenvalue weighted by molar-refractivity contribution is 5.88. The smallest absolute Gasteiger partial charge is 0.335 e. The number of carbonyl (C=O) groups is 1. The summed E-state index contributed by atoms with van der Waals surface area (Å²) in [4.78, 5) is 15.0. The summed E-state index contributed by atoms with van der Waals surface area (Å²) in [5.41, 5.74) is 1.29. The van der Waals surface area contributed by atoms with Gasteiger partial charge in [0.05, 0.1) is 5.56 Å². The molecule has 0 aliphatic rings. The number of benzene rings is 1. The van der Waals surface area contributed by atoms with Crippen LogP contribution in [0.1, 0.15) is 10.4 Å². The number of aromatic carboxylic acids is 1. The topological polar surface area (TPSA) is 89.1 Å². The molecule has 6 nitrogen and oxygen atoms in total. The zero-order chi connectivity index (χ0) is 13.9. The number of rotatable bonds is 3. The first kappa shape index (κ1) is 12.0. The van der Waals surface area contributed by atoms with Crippen molar-refractivity contribution in [1.82, 2.24) is 15.2 Å². The summed E-state index contributed by atoms with van der Waals surface area (Å²) >= 11 is 0. The van der Waals surface area contributed by atoms with E-state index in [0.29, 0.717) is 17.1 Å². The average molecular weight is 267 g/mol. The first-order valence-electron chi connectivity index (χ1n) is 5.83. The quantitative estimate of drug-likeness (QED) is 0.784. The second kappa shape index (κ2) is 4.93. The molecule has 0 saturated carbocycles. The lowest BCUT2D eigenvalue weighted by Gasteiger charge is -1.97. The molecule has 0 saturated heterocycles. The van der Waals surface area contributed by atoms with Gasteiger partial charge in [-0.05, 0) is 30.3 Å². The summed E-state index contributed by atoms with van der Waals surface area (Å²) in [7, 11) is 0. The van der Waals surface area contributed by atoms with E-state index in [2.05, 4.69) is 15.2 Å². The van der Waals surface area contributed by atoms with Crippen molar-refractivity contribution in [2.45, 2.75) is 0 Å². The number of hydrogen-bond donors (Lipinski definition) is 1. The van der Waals surface area contributed by atoms with Crippen LogP contribution >= 0.6 is 0 Å². The van der Waals surface area contributed by atoms with Crippen LogP contribution in [0.3, 0.4) is 0 Å². The lowest BCUT2D eigenvalue weighted by molar-refractivity contribution is 0.0697. The largest absolute Gasteiger partial charge is 0.478 e.